The van der Waals surface area contributed by atoms with Crippen LogP contribution in [-0.2, 0) is 4.79 Å². The van der Waals surface area contributed by atoms with Crippen LogP contribution in [0.3, 0.4) is 0 Å². The molecular weight excluding hydrogens is 194 g/mol. The van der Waals surface area contributed by atoms with Gasteiger partial charge in [-0.3, -0.25) is 9.79 Å². The van der Waals surface area contributed by atoms with Crippen molar-refractivity contribution in [1.29, 1.82) is 5.26 Å². The summed E-state index contributed by atoms with van der Waals surface area (Å²) in [4.78, 5) is 15.1. The van der Waals surface area contributed by atoms with Crippen LogP contribution >= 0.6 is 0 Å². The van der Waals surface area contributed by atoms with Gasteiger partial charge in [-0.1, -0.05) is 0 Å². The number of hydrogen-bond acceptors (Lipinski definition) is 4. The van der Waals surface area contributed by atoms with Crippen molar-refractivity contribution in [3.63, 3.8) is 0 Å². The third kappa shape index (κ3) is 5.65. The minimum Gasteiger partial charge on any atom is -0.370 e. The van der Waals surface area contributed by atoms with E-state index in [0.29, 0.717) is 19.4 Å². The topological polar surface area (TPSA) is 131 Å². The third-order valence-corrected chi connectivity index (χ3v) is 1.95. The largest absolute Gasteiger partial charge is 0.370 e. The molecule has 2 atom stereocenters. The highest BCUT2D eigenvalue weighted by molar-refractivity contribution is 5.87. The average Bonchev–Trinajstić information content (AvgIpc) is 2.21. The summed E-state index contributed by atoms with van der Waals surface area (Å²) in [7, 11) is 0. The molecule has 84 valence electrons. The SMILES string of the molecule is CC(C#N)C(=O)[C@@H](N)CCCN=C(N)N. The second-order valence-electron chi connectivity index (χ2n) is 3.31. The van der Waals surface area contributed by atoms with E-state index in [9.17, 15) is 4.79 Å². The molecular formula is C9H17N5O. The maximum absolute atomic E-state index is 11.4. The van der Waals surface area contributed by atoms with E-state index in [2.05, 4.69) is 4.99 Å². The zero-order chi connectivity index (χ0) is 11.8. The fourth-order valence-corrected chi connectivity index (χ4v) is 1.05. The van der Waals surface area contributed by atoms with Crippen LogP contribution in [0.5, 0.6) is 0 Å². The van der Waals surface area contributed by atoms with Gasteiger partial charge in [-0.2, -0.15) is 5.26 Å². The molecule has 15 heavy (non-hydrogen) atoms. The first-order valence-electron chi connectivity index (χ1n) is 4.73. The van der Waals surface area contributed by atoms with Crippen molar-refractivity contribution in [2.45, 2.75) is 25.8 Å². The number of carbonyl (C=O) groups excluding carboxylic acids is 1. The smallest absolute Gasteiger partial charge is 0.185 e. The average molecular weight is 211 g/mol. The van der Waals surface area contributed by atoms with Gasteiger partial charge in [-0.05, 0) is 19.8 Å². The molecule has 0 spiro atoms. The van der Waals surface area contributed by atoms with Crippen LogP contribution in [0.15, 0.2) is 4.99 Å². The van der Waals surface area contributed by atoms with Crippen molar-refractivity contribution >= 4 is 11.7 Å². The Morgan fingerprint density at radius 2 is 2.13 bits per heavy atom. The van der Waals surface area contributed by atoms with Crippen molar-refractivity contribution < 1.29 is 4.79 Å². The summed E-state index contributed by atoms with van der Waals surface area (Å²) in [5.74, 6) is -0.856. The number of ketones is 1. The molecule has 6 nitrogen and oxygen atoms in total. The third-order valence-electron chi connectivity index (χ3n) is 1.95. The lowest BCUT2D eigenvalue weighted by molar-refractivity contribution is -0.122. The molecule has 0 radical (unpaired) electrons. The Labute approximate surface area is 89.1 Å². The van der Waals surface area contributed by atoms with Crippen LogP contribution in [0.1, 0.15) is 19.8 Å². The Morgan fingerprint density at radius 1 is 1.53 bits per heavy atom. The number of aliphatic imine (C=N–C) groups is 1. The Bertz CT molecular complexity index is 277. The molecule has 0 aromatic heterocycles. The number of Topliss-reactive ketones (excluding diaryl/α,β-unsaturated/α-hetero) is 1. The zero-order valence-corrected chi connectivity index (χ0v) is 8.81. The van der Waals surface area contributed by atoms with Crippen molar-refractivity contribution in [3.05, 3.63) is 0 Å². The van der Waals surface area contributed by atoms with Gasteiger partial charge in [0.15, 0.2) is 11.7 Å². The predicted octanol–water partition coefficient (Wildman–Crippen LogP) is -0.904. The first kappa shape index (κ1) is 13.4. The summed E-state index contributed by atoms with van der Waals surface area (Å²) in [6.45, 7) is 1.99. The number of guanidine groups is 1. The van der Waals surface area contributed by atoms with E-state index in [4.69, 9.17) is 22.5 Å². The zero-order valence-electron chi connectivity index (χ0n) is 8.81. The van der Waals surface area contributed by atoms with Crippen LogP contribution < -0.4 is 17.2 Å². The van der Waals surface area contributed by atoms with Gasteiger partial charge in [0.05, 0.1) is 12.1 Å². The molecule has 6 heteroatoms. The minimum atomic E-state index is -0.650. The summed E-state index contributed by atoms with van der Waals surface area (Å²) in [5.41, 5.74) is 15.8. The second-order valence-corrected chi connectivity index (χ2v) is 3.31. The van der Waals surface area contributed by atoms with Crippen LogP contribution in [0.4, 0.5) is 0 Å². The van der Waals surface area contributed by atoms with Gasteiger partial charge >= 0.3 is 0 Å². The maximum Gasteiger partial charge on any atom is 0.185 e. The van der Waals surface area contributed by atoms with Gasteiger partial charge in [-0.25, -0.2) is 0 Å². The van der Waals surface area contributed by atoms with E-state index in [1.54, 1.807) is 0 Å². The van der Waals surface area contributed by atoms with Gasteiger partial charge in [0.1, 0.15) is 5.92 Å². The molecule has 0 aliphatic rings. The number of nitrogens with zero attached hydrogens (tertiary/aromatic N) is 2. The van der Waals surface area contributed by atoms with Crippen molar-refractivity contribution in [3.8, 4) is 6.07 Å². The molecule has 0 heterocycles. The highest BCUT2D eigenvalue weighted by Gasteiger charge is 2.19. The highest BCUT2D eigenvalue weighted by atomic mass is 16.1. The molecule has 0 saturated heterocycles. The summed E-state index contributed by atoms with van der Waals surface area (Å²) in [6, 6.07) is 1.25. The molecule has 0 aromatic carbocycles. The fourth-order valence-electron chi connectivity index (χ4n) is 1.05. The van der Waals surface area contributed by atoms with Crippen LogP contribution in [0.2, 0.25) is 0 Å². The van der Waals surface area contributed by atoms with Gasteiger partial charge in [0, 0.05) is 6.54 Å². The van der Waals surface area contributed by atoms with E-state index in [1.165, 1.54) is 6.92 Å². The summed E-state index contributed by atoms with van der Waals surface area (Å²) in [5, 5.41) is 8.52. The number of hydrogen-bond donors (Lipinski definition) is 3. The van der Waals surface area contributed by atoms with Gasteiger partial charge < -0.3 is 17.2 Å². The molecule has 6 N–H and O–H groups in total. The maximum atomic E-state index is 11.4. The van der Waals surface area contributed by atoms with E-state index in [1.807, 2.05) is 6.07 Å². The molecule has 0 rings (SSSR count). The van der Waals surface area contributed by atoms with Gasteiger partial charge in [0.2, 0.25) is 0 Å². The molecule has 0 amide bonds. The number of carbonyl (C=O) groups is 1. The standard InChI is InChI=1S/C9H17N5O/c1-6(5-10)8(15)7(11)3-2-4-14-9(12)13/h6-7H,2-4,11H2,1H3,(H4,12,13,14)/t6?,7-/m0/s1. The highest BCUT2D eigenvalue weighted by Crippen LogP contribution is 2.03. The van der Waals surface area contributed by atoms with Crippen molar-refractivity contribution in [2.24, 2.45) is 28.1 Å². The minimum absolute atomic E-state index is 0.0280. The quantitative estimate of drug-likeness (QED) is 0.297. The first-order valence-corrected chi connectivity index (χ1v) is 4.73. The Kier molecular flexibility index (Phi) is 6.06. The molecule has 0 aliphatic carbocycles. The van der Waals surface area contributed by atoms with Crippen LogP contribution in [0, 0.1) is 17.2 Å². The van der Waals surface area contributed by atoms with E-state index in [-0.39, 0.29) is 11.7 Å². The first-order chi connectivity index (χ1) is 6.99. The summed E-state index contributed by atoms with van der Waals surface area (Å²) in [6.07, 6.45) is 1.12. The molecule has 0 aliphatic heterocycles. The lowest BCUT2D eigenvalue weighted by atomic mass is 9.98. The number of nitrogens with two attached hydrogens (primary N) is 3. The van der Waals surface area contributed by atoms with Crippen LogP contribution in [-0.4, -0.2) is 24.3 Å². The Balaban J connectivity index is 3.85. The summed E-state index contributed by atoms with van der Waals surface area (Å²) >= 11 is 0. The Morgan fingerprint density at radius 3 is 2.60 bits per heavy atom. The van der Waals surface area contributed by atoms with Crippen molar-refractivity contribution in [2.75, 3.05) is 6.54 Å². The second kappa shape index (κ2) is 6.79. The molecule has 0 aromatic rings. The van der Waals surface area contributed by atoms with Gasteiger partial charge in [-0.15, -0.1) is 0 Å². The fraction of sp³-hybridized carbons (Fsp3) is 0.667. The summed E-state index contributed by atoms with van der Waals surface area (Å²) < 4.78 is 0. The lowest BCUT2D eigenvalue weighted by Crippen LogP contribution is -2.34. The molecule has 0 saturated carbocycles. The molecule has 0 fully saturated rings. The molecule has 0 bridgehead atoms. The predicted molar refractivity (Wildman–Crippen MR) is 57.7 cm³/mol. The van der Waals surface area contributed by atoms with Crippen LogP contribution in [0.25, 0.3) is 0 Å². The van der Waals surface area contributed by atoms with E-state index >= 15 is 0 Å². The van der Waals surface area contributed by atoms with E-state index in [0.717, 1.165) is 0 Å². The van der Waals surface area contributed by atoms with Gasteiger partial charge in [0.25, 0.3) is 0 Å². The van der Waals surface area contributed by atoms with E-state index < -0.39 is 12.0 Å². The Hall–Kier alpha value is -1.61. The molecule has 1 unspecified atom stereocenters. The van der Waals surface area contributed by atoms with Crippen molar-refractivity contribution in [1.82, 2.24) is 0 Å². The lowest BCUT2D eigenvalue weighted by Gasteiger charge is -2.10. The number of rotatable bonds is 6. The normalized spacial score (nSPS) is 13.7. The number of nitriles is 1. The monoisotopic (exact) mass is 211 g/mol.